The van der Waals surface area contributed by atoms with Crippen LogP contribution in [0.5, 0.6) is 0 Å². The fraction of sp³-hybridized carbons (Fsp3) is 0.133. The van der Waals surface area contributed by atoms with Gasteiger partial charge in [0.2, 0.25) is 5.91 Å². The number of benzene rings is 2. The summed E-state index contributed by atoms with van der Waals surface area (Å²) in [6.45, 7) is 0. The summed E-state index contributed by atoms with van der Waals surface area (Å²) in [5, 5.41) is 3.44. The quantitative estimate of drug-likeness (QED) is 0.828. The maximum Gasteiger partial charge on any atom is 0.238 e. The van der Waals surface area contributed by atoms with E-state index in [1.54, 1.807) is 17.8 Å². The third kappa shape index (κ3) is 2.73. The molecule has 0 saturated carbocycles. The summed E-state index contributed by atoms with van der Waals surface area (Å²) in [5.74, 6) is 0.00849. The van der Waals surface area contributed by atoms with Crippen molar-refractivity contribution in [2.45, 2.75) is 16.6 Å². The van der Waals surface area contributed by atoms with Crippen LogP contribution in [-0.4, -0.2) is 11.2 Å². The number of amides is 1. The van der Waals surface area contributed by atoms with Crippen molar-refractivity contribution in [2.24, 2.45) is 0 Å². The lowest BCUT2D eigenvalue weighted by Crippen LogP contribution is -2.24. The normalized spacial score (nSPS) is 16.8. The van der Waals surface area contributed by atoms with Crippen LogP contribution in [0, 0.1) is 0 Å². The lowest BCUT2D eigenvalue weighted by Gasteiger charge is -2.12. The fourth-order valence-electron chi connectivity index (χ4n) is 2.14. The van der Waals surface area contributed by atoms with E-state index in [4.69, 9.17) is 11.6 Å². The molecule has 0 radical (unpaired) electrons. The molecule has 0 spiro atoms. The predicted molar refractivity (Wildman–Crippen MR) is 87.6 cm³/mol. The second-order valence-corrected chi connectivity index (χ2v) is 6.95. The Labute approximate surface area is 135 Å². The molecule has 1 amide bonds. The number of nitrogens with one attached hydrogen (secondary N) is 1. The first-order valence-corrected chi connectivity index (χ1v) is 8.19. The Kier molecular flexibility index (Phi) is 4.06. The Balaban J connectivity index is 1.74. The minimum atomic E-state index is -0.0849. The highest BCUT2D eigenvalue weighted by molar-refractivity contribution is 9.10. The minimum Gasteiger partial charge on any atom is -0.324 e. The smallest absolute Gasteiger partial charge is 0.238 e. The van der Waals surface area contributed by atoms with Crippen molar-refractivity contribution < 1.29 is 4.79 Å². The van der Waals surface area contributed by atoms with Gasteiger partial charge < -0.3 is 5.32 Å². The maximum atomic E-state index is 12.4. The molecule has 3 rings (SSSR count). The zero-order valence-corrected chi connectivity index (χ0v) is 13.6. The Hall–Kier alpha value is -0.970. The highest BCUT2D eigenvalue weighted by Gasteiger charge is 2.28. The average molecular weight is 369 g/mol. The summed E-state index contributed by atoms with van der Waals surface area (Å²) in [4.78, 5) is 13.5. The van der Waals surface area contributed by atoms with E-state index in [1.807, 2.05) is 24.3 Å². The summed E-state index contributed by atoms with van der Waals surface area (Å²) < 4.78 is 0.718. The van der Waals surface area contributed by atoms with Crippen LogP contribution in [-0.2, 0) is 11.2 Å². The predicted octanol–water partition coefficient (Wildman–Crippen LogP) is 4.76. The maximum absolute atomic E-state index is 12.4. The van der Waals surface area contributed by atoms with Crippen molar-refractivity contribution in [1.29, 1.82) is 0 Å². The van der Waals surface area contributed by atoms with Crippen molar-refractivity contribution in [3.63, 3.8) is 0 Å². The number of fused-ring (bicyclic) bond motifs is 1. The second-order valence-electron chi connectivity index (χ2n) is 4.51. The molecule has 0 aliphatic carbocycles. The van der Waals surface area contributed by atoms with Gasteiger partial charge in [0.15, 0.2) is 0 Å². The third-order valence-corrected chi connectivity index (χ3v) is 5.86. The molecule has 102 valence electrons. The number of carbonyl (C=O) groups excluding carboxylic acids is 1. The number of hydrogen-bond donors (Lipinski definition) is 1. The zero-order valence-electron chi connectivity index (χ0n) is 10.4. The number of hydrogen-bond acceptors (Lipinski definition) is 2. The molecule has 0 bridgehead atoms. The molecule has 1 N–H and O–H groups in total. The van der Waals surface area contributed by atoms with Crippen LogP contribution in [0.1, 0.15) is 5.56 Å². The molecule has 2 nitrogen and oxygen atoms in total. The van der Waals surface area contributed by atoms with Crippen LogP contribution in [0.15, 0.2) is 51.8 Å². The molecular formula is C15H11BrClNOS. The van der Waals surface area contributed by atoms with E-state index in [-0.39, 0.29) is 11.2 Å². The molecule has 0 fully saturated rings. The topological polar surface area (TPSA) is 29.1 Å². The van der Waals surface area contributed by atoms with Gasteiger partial charge in [0.05, 0.1) is 20.4 Å². The van der Waals surface area contributed by atoms with E-state index in [0.29, 0.717) is 10.7 Å². The Bertz CT molecular complexity index is 652. The molecule has 1 unspecified atom stereocenters. The highest BCUT2D eigenvalue weighted by atomic mass is 79.9. The van der Waals surface area contributed by atoms with Gasteiger partial charge in [-0.3, -0.25) is 4.79 Å². The van der Waals surface area contributed by atoms with Gasteiger partial charge in [0.25, 0.3) is 0 Å². The van der Waals surface area contributed by atoms with E-state index >= 15 is 0 Å². The largest absolute Gasteiger partial charge is 0.324 e. The van der Waals surface area contributed by atoms with Gasteiger partial charge >= 0.3 is 0 Å². The van der Waals surface area contributed by atoms with Gasteiger partial charge in [-0.1, -0.05) is 35.9 Å². The molecule has 5 heteroatoms. The Morgan fingerprint density at radius 1 is 1.25 bits per heavy atom. The van der Waals surface area contributed by atoms with Crippen molar-refractivity contribution in [3.8, 4) is 0 Å². The zero-order chi connectivity index (χ0) is 14.1. The van der Waals surface area contributed by atoms with Crippen molar-refractivity contribution >= 4 is 50.9 Å². The van der Waals surface area contributed by atoms with Crippen molar-refractivity contribution in [1.82, 2.24) is 0 Å². The number of carbonyl (C=O) groups is 1. The lowest BCUT2D eigenvalue weighted by molar-refractivity contribution is -0.115. The van der Waals surface area contributed by atoms with Gasteiger partial charge in [0.1, 0.15) is 0 Å². The molecule has 2 aromatic carbocycles. The van der Waals surface area contributed by atoms with Gasteiger partial charge in [0, 0.05) is 4.90 Å². The van der Waals surface area contributed by atoms with E-state index in [2.05, 4.69) is 33.4 Å². The van der Waals surface area contributed by atoms with Crippen LogP contribution in [0.2, 0.25) is 5.02 Å². The standard InChI is InChI=1S/C15H11BrClNOS/c16-14-10(17)5-3-6-11(14)18-15(19)13-8-9-4-1-2-7-12(9)20-13/h1-7,13H,8H2,(H,18,19). The third-order valence-electron chi connectivity index (χ3n) is 3.15. The number of halogens is 2. The summed E-state index contributed by atoms with van der Waals surface area (Å²) >= 11 is 11.0. The van der Waals surface area contributed by atoms with Crippen LogP contribution in [0.3, 0.4) is 0 Å². The first-order chi connectivity index (χ1) is 9.65. The van der Waals surface area contributed by atoms with Gasteiger partial charge in [-0.2, -0.15) is 0 Å². The molecule has 2 aromatic rings. The van der Waals surface area contributed by atoms with Crippen LogP contribution >= 0.6 is 39.3 Å². The van der Waals surface area contributed by atoms with E-state index < -0.39 is 0 Å². The van der Waals surface area contributed by atoms with E-state index in [0.717, 1.165) is 10.9 Å². The highest BCUT2D eigenvalue weighted by Crippen LogP contribution is 2.38. The summed E-state index contributed by atoms with van der Waals surface area (Å²) in [6, 6.07) is 13.6. The van der Waals surface area contributed by atoms with Gasteiger partial charge in [-0.15, -0.1) is 11.8 Å². The monoisotopic (exact) mass is 367 g/mol. The second kappa shape index (κ2) is 5.80. The van der Waals surface area contributed by atoms with Crippen molar-refractivity contribution in [3.05, 3.63) is 57.5 Å². The number of rotatable bonds is 2. The molecule has 1 aliphatic heterocycles. The van der Waals surface area contributed by atoms with Crippen LogP contribution in [0.25, 0.3) is 0 Å². The molecule has 0 saturated heterocycles. The van der Waals surface area contributed by atoms with Crippen LogP contribution in [0.4, 0.5) is 5.69 Å². The summed E-state index contributed by atoms with van der Waals surface area (Å²) in [5.41, 5.74) is 1.95. The molecule has 1 aliphatic rings. The first-order valence-electron chi connectivity index (χ1n) is 6.14. The minimum absolute atomic E-state index is 0.00849. The average Bonchev–Trinajstić information content (AvgIpc) is 2.88. The summed E-state index contributed by atoms with van der Waals surface area (Å²) in [7, 11) is 0. The summed E-state index contributed by atoms with van der Waals surface area (Å²) in [6.07, 6.45) is 0.769. The number of anilines is 1. The number of thioether (sulfide) groups is 1. The SMILES string of the molecule is O=C(Nc1cccc(Cl)c1Br)C1Cc2ccccc2S1. The molecule has 1 heterocycles. The fourth-order valence-corrected chi connectivity index (χ4v) is 3.88. The molecular weight excluding hydrogens is 358 g/mol. The Morgan fingerprint density at radius 3 is 2.85 bits per heavy atom. The van der Waals surface area contributed by atoms with E-state index in [9.17, 15) is 4.79 Å². The lowest BCUT2D eigenvalue weighted by atomic mass is 10.1. The van der Waals surface area contributed by atoms with Gasteiger partial charge in [-0.05, 0) is 46.1 Å². The van der Waals surface area contributed by atoms with Crippen molar-refractivity contribution in [2.75, 3.05) is 5.32 Å². The molecule has 20 heavy (non-hydrogen) atoms. The molecule has 1 atom stereocenters. The van der Waals surface area contributed by atoms with Crippen LogP contribution < -0.4 is 5.32 Å². The van der Waals surface area contributed by atoms with Gasteiger partial charge in [-0.25, -0.2) is 0 Å². The Morgan fingerprint density at radius 2 is 2.05 bits per heavy atom. The first kappa shape index (κ1) is 14.0. The molecule has 0 aromatic heterocycles. The van der Waals surface area contributed by atoms with E-state index in [1.165, 1.54) is 10.5 Å².